The van der Waals surface area contributed by atoms with E-state index in [4.69, 9.17) is 10.2 Å². The number of carbonyl (C=O) groups is 2. The lowest BCUT2D eigenvalue weighted by Crippen LogP contribution is -2.52. The van der Waals surface area contributed by atoms with Gasteiger partial charge in [0.1, 0.15) is 6.04 Å². The van der Waals surface area contributed by atoms with Crippen LogP contribution in [0.5, 0.6) is 0 Å². The van der Waals surface area contributed by atoms with Gasteiger partial charge in [-0.1, -0.05) is 30.3 Å². The molecule has 1 aliphatic heterocycles. The summed E-state index contributed by atoms with van der Waals surface area (Å²) < 4.78 is 5.16. The zero-order chi connectivity index (χ0) is 19.2. The Morgan fingerprint density at radius 1 is 1.18 bits per heavy atom. The lowest BCUT2D eigenvalue weighted by atomic mass is 9.90. The molecule has 1 aliphatic rings. The largest absolute Gasteiger partial charge is 0.459 e. The molecule has 1 aromatic heterocycles. The standard InChI is InChI=1S/C21H27N3O3.ClH/c1-15(22)17-9-11-24(12-10-17)21(26)18(14-16-6-3-2-4-7-16)23-20(25)19-8-5-13-27-19;/h2-8,13,15,17-18H,9-12,14,22H2,1H3,(H,23,25);1H. The molecule has 0 aliphatic carbocycles. The van der Waals surface area contributed by atoms with E-state index in [0.717, 1.165) is 18.4 Å². The number of furan rings is 1. The van der Waals surface area contributed by atoms with E-state index in [1.54, 1.807) is 12.1 Å². The Morgan fingerprint density at radius 2 is 1.86 bits per heavy atom. The van der Waals surface area contributed by atoms with Crippen molar-refractivity contribution in [2.45, 2.75) is 38.3 Å². The number of likely N-dealkylation sites (tertiary alicyclic amines) is 1. The lowest BCUT2D eigenvalue weighted by molar-refractivity contribution is -0.134. The number of nitrogens with two attached hydrogens (primary N) is 1. The number of hydrogen-bond donors (Lipinski definition) is 2. The van der Waals surface area contributed by atoms with Crippen molar-refractivity contribution in [2.24, 2.45) is 11.7 Å². The van der Waals surface area contributed by atoms with Gasteiger partial charge >= 0.3 is 0 Å². The third kappa shape index (κ3) is 5.59. The van der Waals surface area contributed by atoms with E-state index in [2.05, 4.69) is 5.32 Å². The fourth-order valence-corrected chi connectivity index (χ4v) is 3.55. The summed E-state index contributed by atoms with van der Waals surface area (Å²) in [7, 11) is 0. The second kappa shape index (κ2) is 10.3. The molecule has 2 unspecified atom stereocenters. The van der Waals surface area contributed by atoms with Crippen molar-refractivity contribution >= 4 is 24.2 Å². The molecule has 1 fully saturated rings. The average Bonchev–Trinajstić information content (AvgIpc) is 3.23. The van der Waals surface area contributed by atoms with Gasteiger partial charge in [-0.2, -0.15) is 0 Å². The molecule has 3 N–H and O–H groups in total. The van der Waals surface area contributed by atoms with E-state index in [-0.39, 0.29) is 36.0 Å². The van der Waals surface area contributed by atoms with Crippen LogP contribution in [0.4, 0.5) is 0 Å². The normalized spacial score (nSPS) is 16.7. The fourth-order valence-electron chi connectivity index (χ4n) is 3.55. The number of nitrogens with one attached hydrogen (secondary N) is 1. The Kier molecular flexibility index (Phi) is 8.08. The van der Waals surface area contributed by atoms with Crippen molar-refractivity contribution in [3.05, 3.63) is 60.1 Å². The van der Waals surface area contributed by atoms with Crippen molar-refractivity contribution < 1.29 is 14.0 Å². The molecule has 3 rings (SSSR count). The molecule has 2 atom stereocenters. The average molecular weight is 406 g/mol. The number of halogens is 1. The molecule has 7 heteroatoms. The van der Waals surface area contributed by atoms with E-state index in [0.29, 0.717) is 25.4 Å². The molecule has 0 saturated carbocycles. The summed E-state index contributed by atoms with van der Waals surface area (Å²) in [4.78, 5) is 27.4. The van der Waals surface area contributed by atoms with Crippen LogP contribution in [0.1, 0.15) is 35.9 Å². The first kappa shape index (κ1) is 22.0. The summed E-state index contributed by atoms with van der Waals surface area (Å²) in [6, 6.07) is 12.5. The van der Waals surface area contributed by atoms with E-state index >= 15 is 0 Å². The minimum Gasteiger partial charge on any atom is -0.459 e. The van der Waals surface area contributed by atoms with Crippen LogP contribution in [0.2, 0.25) is 0 Å². The number of amides is 2. The Labute approximate surface area is 171 Å². The molecule has 1 aromatic carbocycles. The van der Waals surface area contributed by atoms with Gasteiger partial charge in [0.2, 0.25) is 5.91 Å². The van der Waals surface area contributed by atoms with E-state index in [9.17, 15) is 9.59 Å². The molecule has 152 valence electrons. The van der Waals surface area contributed by atoms with Crippen molar-refractivity contribution in [3.63, 3.8) is 0 Å². The first-order valence-corrected chi connectivity index (χ1v) is 9.47. The molecule has 2 aromatic rings. The number of benzene rings is 1. The predicted octanol–water partition coefficient (Wildman–Crippen LogP) is 2.63. The van der Waals surface area contributed by atoms with E-state index in [1.807, 2.05) is 42.2 Å². The minimum atomic E-state index is -0.628. The Hall–Kier alpha value is -2.31. The Morgan fingerprint density at radius 3 is 2.43 bits per heavy atom. The van der Waals surface area contributed by atoms with Gasteiger partial charge in [0, 0.05) is 25.6 Å². The van der Waals surface area contributed by atoms with Crippen molar-refractivity contribution in [2.75, 3.05) is 13.1 Å². The van der Waals surface area contributed by atoms with Crippen molar-refractivity contribution in [3.8, 4) is 0 Å². The topological polar surface area (TPSA) is 88.6 Å². The highest BCUT2D eigenvalue weighted by Crippen LogP contribution is 2.20. The maximum atomic E-state index is 13.1. The highest BCUT2D eigenvalue weighted by Gasteiger charge is 2.31. The van der Waals surface area contributed by atoms with Gasteiger partial charge in [-0.3, -0.25) is 9.59 Å². The Balaban J connectivity index is 0.00000280. The molecular weight excluding hydrogens is 378 g/mol. The van der Waals surface area contributed by atoms with Gasteiger partial charge in [0.05, 0.1) is 6.26 Å². The number of hydrogen-bond acceptors (Lipinski definition) is 4. The van der Waals surface area contributed by atoms with Crippen molar-refractivity contribution in [1.29, 1.82) is 0 Å². The van der Waals surface area contributed by atoms with Crippen LogP contribution >= 0.6 is 12.4 Å². The zero-order valence-electron chi connectivity index (χ0n) is 16.0. The van der Waals surface area contributed by atoms with E-state index < -0.39 is 6.04 Å². The maximum Gasteiger partial charge on any atom is 0.287 e. The zero-order valence-corrected chi connectivity index (χ0v) is 16.9. The summed E-state index contributed by atoms with van der Waals surface area (Å²) >= 11 is 0. The quantitative estimate of drug-likeness (QED) is 0.773. The highest BCUT2D eigenvalue weighted by molar-refractivity contribution is 5.95. The predicted molar refractivity (Wildman–Crippen MR) is 110 cm³/mol. The Bertz CT molecular complexity index is 742. The van der Waals surface area contributed by atoms with Crippen LogP contribution in [-0.4, -0.2) is 41.9 Å². The molecule has 0 bridgehead atoms. The molecule has 2 heterocycles. The first-order valence-electron chi connectivity index (χ1n) is 9.47. The second-order valence-electron chi connectivity index (χ2n) is 7.21. The molecule has 0 radical (unpaired) electrons. The lowest BCUT2D eigenvalue weighted by Gasteiger charge is -2.35. The van der Waals surface area contributed by atoms with Gasteiger partial charge in [-0.25, -0.2) is 0 Å². The fraction of sp³-hybridized carbons (Fsp3) is 0.429. The molecule has 2 amide bonds. The third-order valence-corrected chi connectivity index (χ3v) is 5.23. The van der Waals surface area contributed by atoms with Crippen molar-refractivity contribution in [1.82, 2.24) is 10.2 Å². The van der Waals surface area contributed by atoms with Gasteiger partial charge in [0.15, 0.2) is 5.76 Å². The van der Waals surface area contributed by atoms with Crippen LogP contribution in [0, 0.1) is 5.92 Å². The van der Waals surface area contributed by atoms with Crippen LogP contribution in [0.15, 0.2) is 53.1 Å². The summed E-state index contributed by atoms with van der Waals surface area (Å²) in [5, 5.41) is 2.85. The molecule has 6 nitrogen and oxygen atoms in total. The van der Waals surface area contributed by atoms with Crippen LogP contribution in [-0.2, 0) is 11.2 Å². The molecular formula is C21H28ClN3O3. The van der Waals surface area contributed by atoms with Gasteiger partial charge in [0.25, 0.3) is 5.91 Å². The SMILES string of the molecule is CC(N)C1CCN(C(=O)C(Cc2ccccc2)NC(=O)c2ccco2)CC1.Cl. The maximum absolute atomic E-state index is 13.1. The summed E-state index contributed by atoms with van der Waals surface area (Å²) in [5.74, 6) is 0.220. The second-order valence-corrected chi connectivity index (χ2v) is 7.21. The van der Waals surface area contributed by atoms with Gasteiger partial charge in [-0.05, 0) is 43.4 Å². The van der Waals surface area contributed by atoms with Gasteiger partial charge in [-0.15, -0.1) is 12.4 Å². The number of carbonyl (C=O) groups excluding carboxylic acids is 2. The summed E-state index contributed by atoms with van der Waals surface area (Å²) in [6.07, 6.45) is 3.68. The van der Waals surface area contributed by atoms with Crippen LogP contribution < -0.4 is 11.1 Å². The van der Waals surface area contributed by atoms with E-state index in [1.165, 1.54) is 6.26 Å². The van der Waals surface area contributed by atoms with Crippen LogP contribution in [0.25, 0.3) is 0 Å². The minimum absolute atomic E-state index is 0. The highest BCUT2D eigenvalue weighted by atomic mass is 35.5. The third-order valence-electron chi connectivity index (χ3n) is 5.23. The molecule has 0 spiro atoms. The number of rotatable bonds is 6. The monoisotopic (exact) mass is 405 g/mol. The van der Waals surface area contributed by atoms with Gasteiger partial charge < -0.3 is 20.4 Å². The molecule has 1 saturated heterocycles. The number of nitrogens with zero attached hydrogens (tertiary/aromatic N) is 1. The summed E-state index contributed by atoms with van der Waals surface area (Å²) in [6.45, 7) is 3.36. The molecule has 28 heavy (non-hydrogen) atoms. The smallest absolute Gasteiger partial charge is 0.287 e. The number of piperidine rings is 1. The first-order chi connectivity index (χ1) is 13.0. The summed E-state index contributed by atoms with van der Waals surface area (Å²) in [5.41, 5.74) is 7.00. The van der Waals surface area contributed by atoms with Crippen LogP contribution in [0.3, 0.4) is 0 Å².